The first-order valence-corrected chi connectivity index (χ1v) is 11.2. The van der Waals surface area contributed by atoms with Crippen molar-refractivity contribution in [1.82, 2.24) is 14.2 Å². The summed E-state index contributed by atoms with van der Waals surface area (Å²) >= 11 is 3.00. The molecule has 3 heterocycles. The van der Waals surface area contributed by atoms with E-state index in [9.17, 15) is 13.2 Å². The highest BCUT2D eigenvalue weighted by Crippen LogP contribution is 2.30. The highest BCUT2D eigenvalue weighted by Gasteiger charge is 2.26. The van der Waals surface area contributed by atoms with Crippen molar-refractivity contribution in [3.63, 3.8) is 0 Å². The minimum atomic E-state index is -3.21. The monoisotopic (exact) mass is 385 g/mol. The molecule has 0 atom stereocenters. The van der Waals surface area contributed by atoms with Crippen LogP contribution in [0.4, 0.5) is 0 Å². The fourth-order valence-electron chi connectivity index (χ4n) is 2.68. The molecule has 0 bridgehead atoms. The van der Waals surface area contributed by atoms with Crippen LogP contribution in [0.15, 0.2) is 16.8 Å². The number of aryl methyl sites for hydroxylation is 1. The zero-order valence-corrected chi connectivity index (χ0v) is 16.0. The zero-order chi connectivity index (χ0) is 17.3. The summed E-state index contributed by atoms with van der Waals surface area (Å²) in [4.78, 5) is 19.7. The van der Waals surface area contributed by atoms with Crippen LogP contribution in [0.25, 0.3) is 10.6 Å². The second kappa shape index (κ2) is 6.91. The molecule has 0 N–H and O–H groups in total. The molecule has 0 spiro atoms. The first-order chi connectivity index (χ1) is 11.4. The van der Waals surface area contributed by atoms with E-state index in [1.165, 1.54) is 21.9 Å². The molecule has 0 saturated carbocycles. The van der Waals surface area contributed by atoms with Crippen molar-refractivity contribution >= 4 is 38.6 Å². The number of carbonyl (C=O) groups is 1. The van der Waals surface area contributed by atoms with E-state index >= 15 is 0 Å². The molecule has 0 aromatic carbocycles. The average molecular weight is 386 g/mol. The molecule has 1 aliphatic heterocycles. The Labute approximate surface area is 149 Å². The van der Waals surface area contributed by atoms with Crippen LogP contribution in [-0.4, -0.2) is 60.9 Å². The quantitative estimate of drug-likeness (QED) is 0.813. The highest BCUT2D eigenvalue weighted by atomic mass is 32.2. The normalized spacial score (nSPS) is 17.0. The van der Waals surface area contributed by atoms with Gasteiger partial charge in [0.05, 0.1) is 11.9 Å². The van der Waals surface area contributed by atoms with Crippen LogP contribution in [-0.2, 0) is 10.0 Å². The SMILES string of the molecule is Cc1nc(-c2ccsc2)sc1C(=O)N1CCCN(S(C)(=O)=O)CC1. The molecule has 6 nitrogen and oxygen atoms in total. The predicted octanol–water partition coefficient (Wildman–Crippen LogP) is 2.29. The van der Waals surface area contributed by atoms with Gasteiger partial charge in [-0.05, 0) is 24.8 Å². The Kier molecular flexibility index (Phi) is 5.05. The number of hydrogen-bond acceptors (Lipinski definition) is 6. The van der Waals surface area contributed by atoms with Crippen molar-refractivity contribution in [2.24, 2.45) is 0 Å². The maximum atomic E-state index is 12.8. The fourth-order valence-corrected chi connectivity index (χ4v) is 5.30. The molecular formula is C15H19N3O3S3. The van der Waals surface area contributed by atoms with Gasteiger partial charge in [0.25, 0.3) is 5.91 Å². The van der Waals surface area contributed by atoms with Gasteiger partial charge in [-0.3, -0.25) is 4.79 Å². The van der Waals surface area contributed by atoms with Gasteiger partial charge in [-0.2, -0.15) is 11.3 Å². The summed E-state index contributed by atoms with van der Waals surface area (Å²) in [5.41, 5.74) is 1.77. The third-order valence-corrected chi connectivity index (χ3v) is 7.15. The van der Waals surface area contributed by atoms with Gasteiger partial charge >= 0.3 is 0 Å². The molecule has 0 unspecified atom stereocenters. The summed E-state index contributed by atoms with van der Waals surface area (Å²) in [5, 5.41) is 4.86. The summed E-state index contributed by atoms with van der Waals surface area (Å²) in [5.74, 6) is -0.0539. The first kappa shape index (κ1) is 17.5. The summed E-state index contributed by atoms with van der Waals surface area (Å²) in [7, 11) is -3.21. The van der Waals surface area contributed by atoms with Gasteiger partial charge < -0.3 is 4.90 Å². The summed E-state index contributed by atoms with van der Waals surface area (Å²) in [6.07, 6.45) is 1.86. The molecule has 1 saturated heterocycles. The Bertz CT molecular complexity index is 828. The number of rotatable bonds is 3. The van der Waals surface area contributed by atoms with Crippen LogP contribution in [0, 0.1) is 6.92 Å². The van der Waals surface area contributed by atoms with Crippen molar-refractivity contribution in [3.8, 4) is 10.6 Å². The molecule has 2 aromatic rings. The van der Waals surface area contributed by atoms with Gasteiger partial charge in [-0.1, -0.05) is 0 Å². The maximum Gasteiger partial charge on any atom is 0.265 e. The molecule has 3 rings (SSSR count). The Morgan fingerprint density at radius 3 is 2.71 bits per heavy atom. The fraction of sp³-hybridized carbons (Fsp3) is 0.467. The molecule has 1 amide bonds. The van der Waals surface area contributed by atoms with E-state index in [4.69, 9.17) is 0 Å². The molecule has 130 valence electrons. The lowest BCUT2D eigenvalue weighted by Crippen LogP contribution is -2.36. The largest absolute Gasteiger partial charge is 0.337 e. The molecule has 2 aromatic heterocycles. The van der Waals surface area contributed by atoms with Crippen LogP contribution >= 0.6 is 22.7 Å². The summed E-state index contributed by atoms with van der Waals surface area (Å²) < 4.78 is 24.8. The van der Waals surface area contributed by atoms with E-state index in [0.717, 1.165) is 16.3 Å². The maximum absolute atomic E-state index is 12.8. The number of hydrogen-bond donors (Lipinski definition) is 0. The lowest BCUT2D eigenvalue weighted by atomic mass is 10.3. The average Bonchev–Trinajstić information content (AvgIpc) is 3.09. The number of aromatic nitrogens is 1. The second-order valence-corrected chi connectivity index (χ2v) is 9.51. The van der Waals surface area contributed by atoms with Crippen LogP contribution < -0.4 is 0 Å². The second-order valence-electron chi connectivity index (χ2n) is 5.75. The molecular weight excluding hydrogens is 366 g/mol. The van der Waals surface area contributed by atoms with Crippen molar-refractivity contribution < 1.29 is 13.2 Å². The number of thiophene rings is 1. The smallest absolute Gasteiger partial charge is 0.265 e. The van der Waals surface area contributed by atoms with Crippen LogP contribution in [0.2, 0.25) is 0 Å². The third kappa shape index (κ3) is 3.69. The number of thiazole rings is 1. The van der Waals surface area contributed by atoms with E-state index in [2.05, 4.69) is 4.98 Å². The topological polar surface area (TPSA) is 70.6 Å². The van der Waals surface area contributed by atoms with Crippen molar-refractivity contribution in [1.29, 1.82) is 0 Å². The molecule has 1 fully saturated rings. The minimum absolute atomic E-state index is 0.0539. The van der Waals surface area contributed by atoms with Crippen LogP contribution in [0.5, 0.6) is 0 Å². The highest BCUT2D eigenvalue weighted by molar-refractivity contribution is 7.88. The van der Waals surface area contributed by atoms with Gasteiger partial charge in [0.15, 0.2) is 0 Å². The molecule has 1 aliphatic rings. The van der Waals surface area contributed by atoms with E-state index < -0.39 is 10.0 Å². The Hall–Kier alpha value is -1.29. The molecule has 0 aliphatic carbocycles. The van der Waals surface area contributed by atoms with Crippen molar-refractivity contribution in [2.45, 2.75) is 13.3 Å². The van der Waals surface area contributed by atoms with Crippen molar-refractivity contribution in [2.75, 3.05) is 32.4 Å². The molecule has 9 heteroatoms. The summed E-state index contributed by atoms with van der Waals surface area (Å²) in [6, 6.07) is 1.99. The Morgan fingerprint density at radius 2 is 2.04 bits per heavy atom. The minimum Gasteiger partial charge on any atom is -0.337 e. The van der Waals surface area contributed by atoms with Crippen LogP contribution in [0.1, 0.15) is 21.8 Å². The number of sulfonamides is 1. The van der Waals surface area contributed by atoms with Crippen LogP contribution in [0.3, 0.4) is 0 Å². The van der Waals surface area contributed by atoms with Gasteiger partial charge in [0.2, 0.25) is 10.0 Å². The first-order valence-electron chi connectivity index (χ1n) is 7.60. The third-order valence-electron chi connectivity index (χ3n) is 3.97. The van der Waals surface area contributed by atoms with Gasteiger partial charge in [-0.15, -0.1) is 11.3 Å². The van der Waals surface area contributed by atoms with E-state index in [-0.39, 0.29) is 5.91 Å². The Balaban J connectivity index is 1.77. The number of amides is 1. The Morgan fingerprint density at radius 1 is 1.25 bits per heavy atom. The van der Waals surface area contributed by atoms with E-state index in [0.29, 0.717) is 37.5 Å². The molecule has 24 heavy (non-hydrogen) atoms. The number of carbonyl (C=O) groups excluding carboxylic acids is 1. The van der Waals surface area contributed by atoms with Crippen molar-refractivity contribution in [3.05, 3.63) is 27.4 Å². The van der Waals surface area contributed by atoms with E-state index in [1.54, 1.807) is 16.2 Å². The predicted molar refractivity (Wildman–Crippen MR) is 97.1 cm³/mol. The summed E-state index contributed by atoms with van der Waals surface area (Å²) in [6.45, 7) is 3.64. The standard InChI is InChI=1S/C15H19N3O3S3/c1-11-13(23-14(16-11)12-4-9-22-10-12)15(19)17-5-3-6-18(8-7-17)24(2,20)21/h4,9-10H,3,5-8H2,1-2H3. The number of nitrogens with zero attached hydrogens (tertiary/aromatic N) is 3. The van der Waals surface area contributed by atoms with Gasteiger partial charge in [-0.25, -0.2) is 17.7 Å². The van der Waals surface area contributed by atoms with Gasteiger partial charge in [0, 0.05) is 37.1 Å². The zero-order valence-electron chi connectivity index (χ0n) is 13.6. The lowest BCUT2D eigenvalue weighted by molar-refractivity contribution is 0.0768. The van der Waals surface area contributed by atoms with E-state index in [1.807, 2.05) is 23.8 Å². The van der Waals surface area contributed by atoms with Gasteiger partial charge in [0.1, 0.15) is 9.88 Å². The molecule has 0 radical (unpaired) electrons. The lowest BCUT2D eigenvalue weighted by Gasteiger charge is -2.20.